The van der Waals surface area contributed by atoms with Crippen LogP contribution in [0.5, 0.6) is 0 Å². The first-order valence-electron chi connectivity index (χ1n) is 6.96. The molecule has 2 aromatic rings. The summed E-state index contributed by atoms with van der Waals surface area (Å²) in [4.78, 5) is 11.0. The third-order valence-electron chi connectivity index (χ3n) is 3.59. The third-order valence-corrected chi connectivity index (χ3v) is 6.19. The first-order chi connectivity index (χ1) is 9.75. The van der Waals surface area contributed by atoms with Crippen molar-refractivity contribution in [3.8, 4) is 0 Å². The molecule has 0 amide bonds. The molecule has 0 fully saturated rings. The number of hydrogen-bond donors (Lipinski definition) is 1. The Balaban J connectivity index is 2.65. The Morgan fingerprint density at radius 1 is 1.29 bits per heavy atom. The molecule has 0 saturated heterocycles. The van der Waals surface area contributed by atoms with Gasteiger partial charge in [0.1, 0.15) is 21.7 Å². The zero-order chi connectivity index (χ0) is 15.8. The lowest BCUT2D eigenvalue weighted by molar-refractivity contribution is 0.589. The van der Waals surface area contributed by atoms with Gasteiger partial charge in [-0.15, -0.1) is 11.3 Å². The molecule has 0 spiro atoms. The highest BCUT2D eigenvalue weighted by Gasteiger charge is 2.23. The molecule has 1 N–H and O–H groups in total. The van der Waals surface area contributed by atoms with E-state index in [2.05, 4.69) is 22.2 Å². The first-order valence-corrected chi connectivity index (χ1v) is 9.73. The van der Waals surface area contributed by atoms with E-state index in [9.17, 15) is 8.42 Å². The maximum atomic E-state index is 11.8. The van der Waals surface area contributed by atoms with E-state index in [1.54, 1.807) is 18.3 Å². The van der Waals surface area contributed by atoms with Gasteiger partial charge in [-0.25, -0.2) is 18.4 Å². The summed E-state index contributed by atoms with van der Waals surface area (Å²) in [7, 11) is -3.21. The molecular weight excluding hydrogens is 306 g/mol. The number of hydrogen-bond acceptors (Lipinski definition) is 6. The SMILES string of the molecule is CCCNc1nc(C(C)S(C)(=O)=O)nc2sc(C)c(C)c12. The van der Waals surface area contributed by atoms with Gasteiger partial charge in [0.05, 0.1) is 5.39 Å². The van der Waals surface area contributed by atoms with Gasteiger partial charge in [-0.3, -0.25) is 0 Å². The minimum atomic E-state index is -3.21. The van der Waals surface area contributed by atoms with E-state index in [1.807, 2.05) is 13.8 Å². The van der Waals surface area contributed by atoms with Crippen molar-refractivity contribution < 1.29 is 8.42 Å². The standard InChI is InChI=1S/C14H21N3O2S2/c1-6-7-15-13-11-8(2)9(3)20-14(11)17-12(16-13)10(4)21(5,18)19/h10H,6-7H2,1-5H3,(H,15,16,17). The molecular formula is C14H21N3O2S2. The van der Waals surface area contributed by atoms with Gasteiger partial charge in [0, 0.05) is 17.7 Å². The second-order valence-electron chi connectivity index (χ2n) is 5.29. The summed E-state index contributed by atoms with van der Waals surface area (Å²) in [6.45, 7) is 8.61. The molecule has 1 atom stereocenters. The van der Waals surface area contributed by atoms with Crippen LogP contribution < -0.4 is 5.32 Å². The van der Waals surface area contributed by atoms with E-state index in [0.29, 0.717) is 5.82 Å². The van der Waals surface area contributed by atoms with Crippen LogP contribution in [0, 0.1) is 13.8 Å². The van der Waals surface area contributed by atoms with Gasteiger partial charge in [-0.1, -0.05) is 6.92 Å². The zero-order valence-corrected chi connectivity index (χ0v) is 14.7. The minimum absolute atomic E-state index is 0.366. The monoisotopic (exact) mass is 327 g/mol. The van der Waals surface area contributed by atoms with Crippen LogP contribution >= 0.6 is 11.3 Å². The lowest BCUT2D eigenvalue weighted by atomic mass is 10.2. The Morgan fingerprint density at radius 2 is 1.95 bits per heavy atom. The Kier molecular flexibility index (Phi) is 4.53. The van der Waals surface area contributed by atoms with Gasteiger partial charge in [-0.2, -0.15) is 0 Å². The fourth-order valence-corrected chi connectivity index (χ4v) is 3.54. The molecule has 0 aliphatic heterocycles. The molecule has 5 nitrogen and oxygen atoms in total. The van der Waals surface area contributed by atoms with Crippen molar-refractivity contribution in [3.63, 3.8) is 0 Å². The van der Waals surface area contributed by atoms with Crippen molar-refractivity contribution in [2.24, 2.45) is 0 Å². The van der Waals surface area contributed by atoms with E-state index in [0.717, 1.165) is 34.6 Å². The van der Waals surface area contributed by atoms with Crippen molar-refractivity contribution >= 4 is 37.2 Å². The van der Waals surface area contributed by atoms with Crippen LogP contribution in [0.25, 0.3) is 10.2 Å². The topological polar surface area (TPSA) is 72.0 Å². The van der Waals surface area contributed by atoms with Gasteiger partial charge < -0.3 is 5.32 Å². The minimum Gasteiger partial charge on any atom is -0.369 e. The highest BCUT2D eigenvalue weighted by atomic mass is 32.2. The molecule has 0 bridgehead atoms. The van der Waals surface area contributed by atoms with Crippen molar-refractivity contribution in [3.05, 3.63) is 16.3 Å². The molecule has 1 unspecified atom stereocenters. The number of anilines is 1. The number of sulfone groups is 1. The number of aryl methyl sites for hydroxylation is 2. The van der Waals surface area contributed by atoms with Gasteiger partial charge in [0.15, 0.2) is 9.84 Å². The van der Waals surface area contributed by atoms with Crippen molar-refractivity contribution in [1.82, 2.24) is 9.97 Å². The number of nitrogens with one attached hydrogen (secondary N) is 1. The van der Waals surface area contributed by atoms with Crippen LogP contribution in [-0.4, -0.2) is 31.2 Å². The molecule has 0 aliphatic carbocycles. The Labute approximate surface area is 129 Å². The normalized spacial score (nSPS) is 13.6. The Hall–Kier alpha value is -1.21. The molecule has 7 heteroatoms. The highest BCUT2D eigenvalue weighted by molar-refractivity contribution is 7.90. The Morgan fingerprint density at radius 3 is 2.52 bits per heavy atom. The summed E-state index contributed by atoms with van der Waals surface area (Å²) in [6, 6.07) is 0. The summed E-state index contributed by atoms with van der Waals surface area (Å²) in [5.41, 5.74) is 1.16. The third kappa shape index (κ3) is 3.18. The van der Waals surface area contributed by atoms with Crippen LogP contribution in [0.15, 0.2) is 0 Å². The predicted molar refractivity (Wildman–Crippen MR) is 88.9 cm³/mol. The first kappa shape index (κ1) is 16.2. The molecule has 0 saturated carbocycles. The van der Waals surface area contributed by atoms with E-state index < -0.39 is 15.1 Å². The lowest BCUT2D eigenvalue weighted by Gasteiger charge is -2.12. The van der Waals surface area contributed by atoms with Crippen LogP contribution in [0.1, 0.15) is 41.8 Å². The quantitative estimate of drug-likeness (QED) is 0.913. The average molecular weight is 327 g/mol. The summed E-state index contributed by atoms with van der Waals surface area (Å²) in [5, 5.41) is 3.61. The van der Waals surface area contributed by atoms with E-state index in [-0.39, 0.29) is 0 Å². The van der Waals surface area contributed by atoms with Gasteiger partial charge in [-0.05, 0) is 32.8 Å². The second-order valence-corrected chi connectivity index (χ2v) is 8.86. The maximum absolute atomic E-state index is 11.8. The smallest absolute Gasteiger partial charge is 0.157 e. The zero-order valence-electron chi connectivity index (χ0n) is 13.0. The number of aromatic nitrogens is 2. The lowest BCUT2D eigenvalue weighted by Crippen LogP contribution is -2.13. The van der Waals surface area contributed by atoms with Crippen LogP contribution in [0.2, 0.25) is 0 Å². The molecule has 2 aromatic heterocycles. The number of fused-ring (bicyclic) bond motifs is 1. The maximum Gasteiger partial charge on any atom is 0.157 e. The molecule has 116 valence electrons. The van der Waals surface area contributed by atoms with Gasteiger partial charge >= 0.3 is 0 Å². The fourth-order valence-electron chi connectivity index (χ4n) is 2.01. The van der Waals surface area contributed by atoms with E-state index >= 15 is 0 Å². The Bertz CT molecular complexity index is 766. The van der Waals surface area contributed by atoms with Gasteiger partial charge in [0.2, 0.25) is 0 Å². The molecule has 0 aliphatic rings. The summed E-state index contributed by atoms with van der Waals surface area (Å²) < 4.78 is 23.5. The molecule has 0 radical (unpaired) electrons. The summed E-state index contributed by atoms with van der Waals surface area (Å²) in [5.74, 6) is 1.11. The summed E-state index contributed by atoms with van der Waals surface area (Å²) >= 11 is 1.58. The van der Waals surface area contributed by atoms with Crippen LogP contribution in [-0.2, 0) is 9.84 Å². The number of thiophene rings is 1. The number of nitrogens with zero attached hydrogens (tertiary/aromatic N) is 2. The second kappa shape index (κ2) is 5.88. The summed E-state index contributed by atoms with van der Waals surface area (Å²) in [6.07, 6.45) is 2.19. The molecule has 0 aromatic carbocycles. The van der Waals surface area contributed by atoms with Gasteiger partial charge in [0.25, 0.3) is 0 Å². The molecule has 21 heavy (non-hydrogen) atoms. The van der Waals surface area contributed by atoms with Crippen LogP contribution in [0.4, 0.5) is 5.82 Å². The average Bonchev–Trinajstić information content (AvgIpc) is 2.69. The van der Waals surface area contributed by atoms with Crippen molar-refractivity contribution in [1.29, 1.82) is 0 Å². The van der Waals surface area contributed by atoms with E-state index in [4.69, 9.17) is 0 Å². The van der Waals surface area contributed by atoms with Crippen molar-refractivity contribution in [2.75, 3.05) is 18.1 Å². The fraction of sp³-hybridized carbons (Fsp3) is 0.571. The largest absolute Gasteiger partial charge is 0.369 e. The predicted octanol–water partition coefficient (Wildman–Crippen LogP) is 3.24. The van der Waals surface area contributed by atoms with Crippen molar-refractivity contribution in [2.45, 2.75) is 39.4 Å². The highest BCUT2D eigenvalue weighted by Crippen LogP contribution is 2.34. The van der Waals surface area contributed by atoms with E-state index in [1.165, 1.54) is 11.1 Å². The molecule has 2 heterocycles. The van der Waals surface area contributed by atoms with Crippen LogP contribution in [0.3, 0.4) is 0 Å². The number of rotatable bonds is 5. The molecule has 2 rings (SSSR count).